The van der Waals surface area contributed by atoms with Crippen LogP contribution in [0.25, 0.3) is 0 Å². The van der Waals surface area contributed by atoms with Gasteiger partial charge in [0.15, 0.2) is 0 Å². The van der Waals surface area contributed by atoms with E-state index in [9.17, 15) is 0 Å². The fourth-order valence-electron chi connectivity index (χ4n) is 1.59. The molecule has 1 heterocycles. The van der Waals surface area contributed by atoms with Crippen LogP contribution >= 0.6 is 0 Å². The van der Waals surface area contributed by atoms with Gasteiger partial charge in [-0.15, -0.1) is 0 Å². The van der Waals surface area contributed by atoms with Gasteiger partial charge in [0, 0.05) is 19.2 Å². The Hall–Kier alpha value is -0.0800. The normalized spacial score (nSPS) is 35.1. The molecule has 0 saturated carbocycles. The van der Waals surface area contributed by atoms with Crippen molar-refractivity contribution in [2.75, 3.05) is 20.8 Å². The lowest BCUT2D eigenvalue weighted by Gasteiger charge is -2.22. The zero-order valence-corrected chi connectivity index (χ0v) is 7.13. The standard InChI is InChI=1S/C8H17NO/c1-7-4-5-8(6-10-3)9(7)2/h7-8H,4-6H2,1-3H3. The second-order valence-corrected chi connectivity index (χ2v) is 3.20. The Morgan fingerprint density at radius 2 is 2.20 bits per heavy atom. The van der Waals surface area contributed by atoms with Crippen LogP contribution in [0.1, 0.15) is 19.8 Å². The van der Waals surface area contributed by atoms with Crippen molar-refractivity contribution in [1.29, 1.82) is 0 Å². The van der Waals surface area contributed by atoms with E-state index in [1.807, 2.05) is 0 Å². The number of methoxy groups -OCH3 is 1. The summed E-state index contributed by atoms with van der Waals surface area (Å²) in [6.07, 6.45) is 2.62. The molecule has 2 unspecified atom stereocenters. The number of ether oxygens (including phenoxy) is 1. The van der Waals surface area contributed by atoms with Crippen LogP contribution in [0.5, 0.6) is 0 Å². The number of nitrogens with zero attached hydrogens (tertiary/aromatic N) is 1. The van der Waals surface area contributed by atoms with Crippen LogP contribution < -0.4 is 0 Å². The van der Waals surface area contributed by atoms with E-state index in [1.165, 1.54) is 12.8 Å². The number of rotatable bonds is 2. The Bertz CT molecular complexity index is 103. The lowest BCUT2D eigenvalue weighted by molar-refractivity contribution is 0.117. The Labute approximate surface area is 63.2 Å². The number of hydrogen-bond donors (Lipinski definition) is 0. The summed E-state index contributed by atoms with van der Waals surface area (Å²) in [6, 6.07) is 1.42. The van der Waals surface area contributed by atoms with Crippen LogP contribution in [0.2, 0.25) is 0 Å². The van der Waals surface area contributed by atoms with Gasteiger partial charge in [-0.3, -0.25) is 4.90 Å². The summed E-state index contributed by atoms with van der Waals surface area (Å²) in [5.41, 5.74) is 0. The van der Waals surface area contributed by atoms with Crippen molar-refractivity contribution >= 4 is 0 Å². The van der Waals surface area contributed by atoms with Crippen molar-refractivity contribution in [2.24, 2.45) is 0 Å². The monoisotopic (exact) mass is 143 g/mol. The molecule has 0 bridgehead atoms. The molecule has 0 aliphatic carbocycles. The van der Waals surface area contributed by atoms with E-state index < -0.39 is 0 Å². The Kier molecular flexibility index (Phi) is 2.69. The fraction of sp³-hybridized carbons (Fsp3) is 1.00. The first kappa shape index (κ1) is 8.02. The molecule has 2 heteroatoms. The summed E-state index contributed by atoms with van der Waals surface area (Å²) >= 11 is 0. The molecule has 1 aliphatic heterocycles. The van der Waals surface area contributed by atoms with Crippen molar-refractivity contribution in [1.82, 2.24) is 4.90 Å². The minimum Gasteiger partial charge on any atom is -0.383 e. The van der Waals surface area contributed by atoms with Gasteiger partial charge in [0.1, 0.15) is 0 Å². The largest absolute Gasteiger partial charge is 0.383 e. The lowest BCUT2D eigenvalue weighted by Crippen LogP contribution is -2.33. The minimum absolute atomic E-state index is 0.667. The number of likely N-dealkylation sites (N-methyl/N-ethyl adjacent to an activating group) is 1. The molecule has 1 aliphatic rings. The van der Waals surface area contributed by atoms with Gasteiger partial charge in [0.25, 0.3) is 0 Å². The maximum absolute atomic E-state index is 5.10. The molecule has 0 N–H and O–H groups in total. The summed E-state index contributed by atoms with van der Waals surface area (Å²) in [6.45, 7) is 3.16. The third-order valence-electron chi connectivity index (χ3n) is 2.55. The molecule has 0 amide bonds. The van der Waals surface area contributed by atoms with Gasteiger partial charge in [0.2, 0.25) is 0 Å². The molecule has 1 saturated heterocycles. The van der Waals surface area contributed by atoms with Gasteiger partial charge in [-0.1, -0.05) is 0 Å². The maximum Gasteiger partial charge on any atom is 0.0618 e. The highest BCUT2D eigenvalue weighted by Gasteiger charge is 2.26. The molecule has 0 aromatic rings. The van der Waals surface area contributed by atoms with Crippen molar-refractivity contribution in [3.05, 3.63) is 0 Å². The van der Waals surface area contributed by atoms with Crippen LogP contribution in [-0.2, 0) is 4.74 Å². The van der Waals surface area contributed by atoms with E-state index in [0.29, 0.717) is 6.04 Å². The fourth-order valence-corrected chi connectivity index (χ4v) is 1.59. The molecule has 1 fully saturated rings. The van der Waals surface area contributed by atoms with Crippen LogP contribution in [-0.4, -0.2) is 37.7 Å². The van der Waals surface area contributed by atoms with Gasteiger partial charge < -0.3 is 4.74 Å². The quantitative estimate of drug-likeness (QED) is 0.574. The summed E-state index contributed by atoms with van der Waals surface area (Å²) in [4.78, 5) is 2.41. The van der Waals surface area contributed by atoms with E-state index in [0.717, 1.165) is 12.6 Å². The summed E-state index contributed by atoms with van der Waals surface area (Å²) in [5.74, 6) is 0. The average molecular weight is 143 g/mol. The first-order chi connectivity index (χ1) is 4.75. The third-order valence-corrected chi connectivity index (χ3v) is 2.55. The molecule has 0 aromatic heterocycles. The lowest BCUT2D eigenvalue weighted by atomic mass is 10.2. The topological polar surface area (TPSA) is 12.5 Å². The molecule has 2 atom stereocenters. The van der Waals surface area contributed by atoms with Crippen LogP contribution in [0.3, 0.4) is 0 Å². The van der Waals surface area contributed by atoms with Crippen LogP contribution in [0.4, 0.5) is 0 Å². The second kappa shape index (κ2) is 3.35. The predicted octanol–water partition coefficient (Wildman–Crippen LogP) is 1.12. The van der Waals surface area contributed by atoms with E-state index in [1.54, 1.807) is 7.11 Å². The van der Waals surface area contributed by atoms with Crippen molar-refractivity contribution < 1.29 is 4.74 Å². The highest BCUT2D eigenvalue weighted by molar-refractivity contribution is 4.81. The third kappa shape index (κ3) is 1.50. The van der Waals surface area contributed by atoms with Gasteiger partial charge in [-0.2, -0.15) is 0 Å². The Balaban J connectivity index is 2.33. The zero-order valence-electron chi connectivity index (χ0n) is 7.13. The van der Waals surface area contributed by atoms with E-state index in [4.69, 9.17) is 4.74 Å². The van der Waals surface area contributed by atoms with Crippen molar-refractivity contribution in [3.8, 4) is 0 Å². The van der Waals surface area contributed by atoms with Gasteiger partial charge >= 0.3 is 0 Å². The molecular formula is C8H17NO. The Morgan fingerprint density at radius 1 is 1.50 bits per heavy atom. The average Bonchev–Trinajstić information content (AvgIpc) is 2.20. The Morgan fingerprint density at radius 3 is 2.60 bits per heavy atom. The summed E-state index contributed by atoms with van der Waals surface area (Å²) in [5, 5.41) is 0. The first-order valence-electron chi connectivity index (χ1n) is 3.96. The second-order valence-electron chi connectivity index (χ2n) is 3.20. The first-order valence-corrected chi connectivity index (χ1v) is 3.96. The molecule has 0 aromatic carbocycles. The van der Waals surface area contributed by atoms with Crippen LogP contribution in [0.15, 0.2) is 0 Å². The predicted molar refractivity (Wildman–Crippen MR) is 42.1 cm³/mol. The summed E-state index contributed by atoms with van der Waals surface area (Å²) in [7, 11) is 3.96. The van der Waals surface area contributed by atoms with Gasteiger partial charge in [-0.05, 0) is 26.8 Å². The van der Waals surface area contributed by atoms with E-state index in [-0.39, 0.29) is 0 Å². The number of hydrogen-bond acceptors (Lipinski definition) is 2. The molecule has 60 valence electrons. The van der Waals surface area contributed by atoms with Crippen molar-refractivity contribution in [2.45, 2.75) is 31.8 Å². The maximum atomic E-state index is 5.10. The molecule has 2 nitrogen and oxygen atoms in total. The highest BCUT2D eigenvalue weighted by Crippen LogP contribution is 2.21. The molecule has 10 heavy (non-hydrogen) atoms. The van der Waals surface area contributed by atoms with E-state index >= 15 is 0 Å². The zero-order chi connectivity index (χ0) is 7.56. The molecular weight excluding hydrogens is 126 g/mol. The molecule has 0 spiro atoms. The van der Waals surface area contributed by atoms with Crippen molar-refractivity contribution in [3.63, 3.8) is 0 Å². The SMILES string of the molecule is COCC1CCC(C)N1C. The number of likely N-dealkylation sites (tertiary alicyclic amines) is 1. The van der Waals surface area contributed by atoms with Gasteiger partial charge in [0.05, 0.1) is 6.61 Å². The minimum atomic E-state index is 0.667. The highest BCUT2D eigenvalue weighted by atomic mass is 16.5. The van der Waals surface area contributed by atoms with E-state index in [2.05, 4.69) is 18.9 Å². The smallest absolute Gasteiger partial charge is 0.0618 e. The van der Waals surface area contributed by atoms with Crippen LogP contribution in [0, 0.1) is 0 Å². The molecule has 1 rings (SSSR count). The van der Waals surface area contributed by atoms with Gasteiger partial charge in [-0.25, -0.2) is 0 Å². The summed E-state index contributed by atoms with van der Waals surface area (Å²) < 4.78 is 5.10. The molecule has 0 radical (unpaired) electrons.